The van der Waals surface area contributed by atoms with Crippen molar-refractivity contribution >= 4 is 18.5 Å². The van der Waals surface area contributed by atoms with Crippen LogP contribution in [0.5, 0.6) is 0 Å². The van der Waals surface area contributed by atoms with E-state index in [0.29, 0.717) is 6.54 Å². The predicted octanol–water partition coefficient (Wildman–Crippen LogP) is 4.83. The first kappa shape index (κ1) is 17.5. The Morgan fingerprint density at radius 1 is 0.905 bits per heavy atom. The first-order valence-corrected chi connectivity index (χ1v) is 7.11. The first-order valence-electron chi connectivity index (χ1n) is 7.11. The number of benzene rings is 2. The van der Waals surface area contributed by atoms with Gasteiger partial charge in [-0.15, -0.1) is 12.4 Å². The van der Waals surface area contributed by atoms with E-state index in [0.717, 1.165) is 6.42 Å². The number of halogens is 1. The molecule has 112 valence electrons. The van der Waals surface area contributed by atoms with Crippen LogP contribution in [0.15, 0.2) is 48.0 Å². The minimum Gasteiger partial charge on any atom is -0.326 e. The van der Waals surface area contributed by atoms with Crippen LogP contribution in [0.1, 0.15) is 34.7 Å². The lowest BCUT2D eigenvalue weighted by molar-refractivity contribution is 1.07. The molecule has 0 amide bonds. The summed E-state index contributed by atoms with van der Waals surface area (Å²) in [5, 5.41) is 0. The van der Waals surface area contributed by atoms with Crippen molar-refractivity contribution in [1.29, 1.82) is 0 Å². The monoisotopic (exact) mass is 301 g/mol. The van der Waals surface area contributed by atoms with E-state index in [-0.39, 0.29) is 12.4 Å². The van der Waals surface area contributed by atoms with E-state index in [1.165, 1.54) is 33.4 Å². The highest BCUT2D eigenvalue weighted by Crippen LogP contribution is 2.24. The number of hydrogen-bond acceptors (Lipinski definition) is 1. The Kier molecular flexibility index (Phi) is 6.67. The van der Waals surface area contributed by atoms with Gasteiger partial charge in [0.05, 0.1) is 0 Å². The van der Waals surface area contributed by atoms with Gasteiger partial charge in [0.25, 0.3) is 0 Å². The molecule has 0 saturated heterocycles. The maximum absolute atomic E-state index is 5.40. The molecule has 0 saturated carbocycles. The average Bonchev–Trinajstić information content (AvgIpc) is 2.79. The molecule has 2 heteroatoms. The normalized spacial score (nSPS) is 11.7. The molecule has 21 heavy (non-hydrogen) atoms. The van der Waals surface area contributed by atoms with Gasteiger partial charge < -0.3 is 5.73 Å². The van der Waals surface area contributed by atoms with E-state index in [9.17, 15) is 0 Å². The summed E-state index contributed by atoms with van der Waals surface area (Å²) in [5.41, 5.74) is 13.6. The minimum absolute atomic E-state index is 0. The van der Waals surface area contributed by atoms with Crippen LogP contribution in [0.3, 0.4) is 0 Å². The largest absolute Gasteiger partial charge is 0.326 e. The summed E-state index contributed by atoms with van der Waals surface area (Å²) in [6.07, 6.45) is 3.43. The molecule has 1 aliphatic rings. The molecule has 2 N–H and O–H groups in total. The number of allylic oxidation sites excluding steroid dienone is 1. The van der Waals surface area contributed by atoms with Crippen LogP contribution in [-0.4, -0.2) is 0 Å². The summed E-state index contributed by atoms with van der Waals surface area (Å²) >= 11 is 0. The number of rotatable bonds is 1. The second-order valence-electron chi connectivity index (χ2n) is 5.56. The van der Waals surface area contributed by atoms with Gasteiger partial charge in [-0.25, -0.2) is 0 Å². The van der Waals surface area contributed by atoms with Crippen molar-refractivity contribution in [2.75, 3.05) is 0 Å². The Hall–Kier alpha value is -1.57. The highest BCUT2D eigenvalue weighted by Gasteiger charge is 2.07. The Morgan fingerprint density at radius 3 is 2.14 bits per heavy atom. The quantitative estimate of drug-likeness (QED) is 0.802. The highest BCUT2D eigenvalue weighted by molar-refractivity contribution is 5.85. The molecule has 1 nitrogen and oxygen atoms in total. The number of hydrogen-bond donors (Lipinski definition) is 1. The molecule has 0 aliphatic heterocycles. The topological polar surface area (TPSA) is 26.0 Å². The third kappa shape index (κ3) is 5.04. The molecule has 0 aromatic heterocycles. The Balaban J connectivity index is 0.000000205. The lowest BCUT2D eigenvalue weighted by Crippen LogP contribution is -1.94. The van der Waals surface area contributed by atoms with Gasteiger partial charge in [-0.2, -0.15) is 0 Å². The van der Waals surface area contributed by atoms with Gasteiger partial charge in [-0.05, 0) is 43.9 Å². The molecule has 0 unspecified atom stereocenters. The minimum atomic E-state index is 0. The molecule has 0 atom stereocenters. The molecule has 0 heterocycles. The van der Waals surface area contributed by atoms with E-state index in [4.69, 9.17) is 5.73 Å². The van der Waals surface area contributed by atoms with Crippen LogP contribution < -0.4 is 5.73 Å². The Labute approximate surface area is 134 Å². The molecule has 0 spiro atoms. The number of nitrogens with two attached hydrogens (primary N) is 1. The first-order chi connectivity index (χ1) is 9.58. The lowest BCUT2D eigenvalue weighted by Gasteiger charge is -1.98. The molecular formula is C19H24ClN. The van der Waals surface area contributed by atoms with Crippen LogP contribution in [0.2, 0.25) is 0 Å². The third-order valence-corrected chi connectivity index (χ3v) is 3.53. The summed E-state index contributed by atoms with van der Waals surface area (Å²) in [7, 11) is 0. The SMILES string of the molecule is CC1=Cc2cc(C)ccc2C1.Cc1ccc(CN)cc1.Cl. The summed E-state index contributed by atoms with van der Waals surface area (Å²) in [4.78, 5) is 0. The van der Waals surface area contributed by atoms with Gasteiger partial charge in [-0.1, -0.05) is 65.2 Å². The van der Waals surface area contributed by atoms with Gasteiger partial charge in [0.1, 0.15) is 0 Å². The van der Waals surface area contributed by atoms with Crippen molar-refractivity contribution in [2.24, 2.45) is 5.73 Å². The van der Waals surface area contributed by atoms with Crippen LogP contribution in [0.4, 0.5) is 0 Å². The summed E-state index contributed by atoms with van der Waals surface area (Å²) in [5.74, 6) is 0. The average molecular weight is 302 g/mol. The molecule has 2 aromatic rings. The number of fused-ring (bicyclic) bond motifs is 1. The molecule has 3 rings (SSSR count). The molecule has 2 aromatic carbocycles. The van der Waals surface area contributed by atoms with Gasteiger partial charge in [-0.3, -0.25) is 0 Å². The molecule has 1 aliphatic carbocycles. The predicted molar refractivity (Wildman–Crippen MR) is 94.9 cm³/mol. The van der Waals surface area contributed by atoms with Crippen molar-refractivity contribution in [3.63, 3.8) is 0 Å². The van der Waals surface area contributed by atoms with Crippen molar-refractivity contribution < 1.29 is 0 Å². The van der Waals surface area contributed by atoms with Crippen LogP contribution in [-0.2, 0) is 13.0 Å². The second-order valence-corrected chi connectivity index (χ2v) is 5.56. The van der Waals surface area contributed by atoms with Crippen LogP contribution in [0, 0.1) is 13.8 Å². The Morgan fingerprint density at radius 2 is 1.52 bits per heavy atom. The zero-order valence-electron chi connectivity index (χ0n) is 13.0. The molecule has 0 fully saturated rings. The summed E-state index contributed by atoms with van der Waals surface area (Å²) < 4.78 is 0. The van der Waals surface area contributed by atoms with E-state index >= 15 is 0 Å². The molecule has 0 radical (unpaired) electrons. The third-order valence-electron chi connectivity index (χ3n) is 3.53. The van der Waals surface area contributed by atoms with Crippen molar-refractivity contribution in [3.05, 3.63) is 75.9 Å². The van der Waals surface area contributed by atoms with Crippen molar-refractivity contribution in [2.45, 2.75) is 33.7 Å². The maximum Gasteiger partial charge on any atom is 0.0178 e. The zero-order chi connectivity index (χ0) is 14.5. The standard InChI is InChI=1S/C11H12.C8H11N.ClH/c1-8-3-4-10-6-9(2)7-11(10)5-8;1-7-2-4-8(6-9)5-3-7;/h3-5,7H,6H2,1-2H3;2-5H,6,9H2,1H3;1H. The van der Waals surface area contributed by atoms with Crippen molar-refractivity contribution in [3.8, 4) is 0 Å². The zero-order valence-corrected chi connectivity index (χ0v) is 13.8. The van der Waals surface area contributed by atoms with Crippen LogP contribution in [0.25, 0.3) is 6.08 Å². The van der Waals surface area contributed by atoms with Gasteiger partial charge >= 0.3 is 0 Å². The van der Waals surface area contributed by atoms with E-state index in [2.05, 4.69) is 69.3 Å². The fraction of sp³-hybridized carbons (Fsp3) is 0.263. The molecular weight excluding hydrogens is 278 g/mol. The second kappa shape index (κ2) is 8.02. The molecule has 0 bridgehead atoms. The fourth-order valence-electron chi connectivity index (χ4n) is 2.35. The van der Waals surface area contributed by atoms with Gasteiger partial charge in [0.2, 0.25) is 0 Å². The van der Waals surface area contributed by atoms with E-state index in [1.807, 2.05) is 0 Å². The lowest BCUT2D eigenvalue weighted by atomic mass is 10.1. The van der Waals surface area contributed by atoms with Gasteiger partial charge in [0.15, 0.2) is 0 Å². The maximum atomic E-state index is 5.40. The van der Waals surface area contributed by atoms with Crippen LogP contribution >= 0.6 is 12.4 Å². The number of aryl methyl sites for hydroxylation is 2. The summed E-state index contributed by atoms with van der Waals surface area (Å²) in [6, 6.07) is 14.9. The van der Waals surface area contributed by atoms with E-state index in [1.54, 1.807) is 0 Å². The van der Waals surface area contributed by atoms with Crippen molar-refractivity contribution in [1.82, 2.24) is 0 Å². The summed E-state index contributed by atoms with van der Waals surface area (Å²) in [6.45, 7) is 7.04. The Bertz CT molecular complexity index is 612. The van der Waals surface area contributed by atoms with E-state index < -0.39 is 0 Å². The fourth-order valence-corrected chi connectivity index (χ4v) is 2.35. The van der Waals surface area contributed by atoms with Gasteiger partial charge in [0, 0.05) is 6.54 Å². The smallest absolute Gasteiger partial charge is 0.0178 e. The highest BCUT2D eigenvalue weighted by atomic mass is 35.5.